The van der Waals surface area contributed by atoms with Gasteiger partial charge >= 0.3 is 11.8 Å². The third kappa shape index (κ3) is 6.17. The summed E-state index contributed by atoms with van der Waals surface area (Å²) in [5.41, 5.74) is 1.20. The number of piperazine rings is 1. The highest BCUT2D eigenvalue weighted by Crippen LogP contribution is 2.24. The summed E-state index contributed by atoms with van der Waals surface area (Å²) >= 11 is 0. The molecule has 9 nitrogen and oxygen atoms in total. The number of anilines is 1. The molecule has 1 atom stereocenters. The van der Waals surface area contributed by atoms with Crippen LogP contribution in [0.25, 0.3) is 0 Å². The Morgan fingerprint density at radius 2 is 1.71 bits per heavy atom. The highest BCUT2D eigenvalue weighted by molar-refractivity contribution is 6.35. The highest BCUT2D eigenvalue weighted by Gasteiger charge is 2.28. The lowest BCUT2D eigenvalue weighted by atomic mass is 10.1. The number of hydrogen-bond donors (Lipinski definition) is 2. The first-order valence-corrected chi connectivity index (χ1v) is 12.0. The summed E-state index contributed by atoms with van der Waals surface area (Å²) in [5.74, 6) is -0.377. The van der Waals surface area contributed by atoms with Crippen LogP contribution in [0.1, 0.15) is 31.1 Å². The van der Waals surface area contributed by atoms with Gasteiger partial charge in [0.2, 0.25) is 5.91 Å². The van der Waals surface area contributed by atoms with E-state index in [-0.39, 0.29) is 18.5 Å². The van der Waals surface area contributed by atoms with Gasteiger partial charge in [0, 0.05) is 64.5 Å². The maximum absolute atomic E-state index is 12.4. The number of furan rings is 1. The minimum atomic E-state index is -0.656. The van der Waals surface area contributed by atoms with Gasteiger partial charge in [0.25, 0.3) is 0 Å². The average Bonchev–Trinajstić information content (AvgIpc) is 3.55. The number of hydrogen-bond acceptors (Lipinski definition) is 6. The number of para-hydroxylation sites is 1. The first kappa shape index (κ1) is 23.8. The average molecular weight is 468 g/mol. The van der Waals surface area contributed by atoms with E-state index in [1.807, 2.05) is 30.3 Å². The van der Waals surface area contributed by atoms with Crippen LogP contribution < -0.4 is 15.5 Å². The molecule has 2 saturated heterocycles. The van der Waals surface area contributed by atoms with Crippen molar-refractivity contribution in [1.82, 2.24) is 20.4 Å². The van der Waals surface area contributed by atoms with Gasteiger partial charge in [0.1, 0.15) is 5.76 Å². The van der Waals surface area contributed by atoms with Crippen molar-refractivity contribution in [2.45, 2.75) is 25.3 Å². The molecule has 1 aromatic heterocycles. The van der Waals surface area contributed by atoms with E-state index in [1.54, 1.807) is 11.2 Å². The van der Waals surface area contributed by atoms with E-state index in [4.69, 9.17) is 4.42 Å². The van der Waals surface area contributed by atoms with Gasteiger partial charge in [0.05, 0.1) is 12.3 Å². The summed E-state index contributed by atoms with van der Waals surface area (Å²) in [6.07, 6.45) is 3.76. The van der Waals surface area contributed by atoms with Gasteiger partial charge < -0.3 is 24.9 Å². The smallest absolute Gasteiger partial charge is 0.309 e. The molecule has 9 heteroatoms. The van der Waals surface area contributed by atoms with Gasteiger partial charge in [-0.2, -0.15) is 0 Å². The fourth-order valence-corrected chi connectivity index (χ4v) is 4.58. The molecule has 2 aliphatic heterocycles. The van der Waals surface area contributed by atoms with Gasteiger partial charge in [-0.05, 0) is 37.1 Å². The first-order chi connectivity index (χ1) is 16.6. The van der Waals surface area contributed by atoms with Crippen LogP contribution in [-0.2, 0) is 14.4 Å². The first-order valence-electron chi connectivity index (χ1n) is 12.0. The topological polar surface area (TPSA) is 98.1 Å². The van der Waals surface area contributed by atoms with Crippen LogP contribution in [0, 0.1) is 0 Å². The number of carbonyl (C=O) groups excluding carboxylic acids is 3. The largest absolute Gasteiger partial charge is 0.468 e. The molecule has 4 rings (SSSR count). The van der Waals surface area contributed by atoms with Crippen molar-refractivity contribution >= 4 is 23.4 Å². The minimum absolute atomic E-state index is 0.147. The van der Waals surface area contributed by atoms with Crippen molar-refractivity contribution < 1.29 is 18.8 Å². The summed E-state index contributed by atoms with van der Waals surface area (Å²) in [4.78, 5) is 42.7. The Bertz CT molecular complexity index is 941. The Morgan fingerprint density at radius 1 is 0.941 bits per heavy atom. The number of rotatable bonds is 9. The number of nitrogens with one attached hydrogen (secondary N) is 2. The molecular formula is C25H33N5O4. The lowest BCUT2D eigenvalue weighted by molar-refractivity contribution is -0.139. The van der Waals surface area contributed by atoms with E-state index >= 15 is 0 Å². The molecule has 0 radical (unpaired) electrons. The molecule has 0 bridgehead atoms. The van der Waals surface area contributed by atoms with E-state index in [0.29, 0.717) is 25.9 Å². The van der Waals surface area contributed by atoms with Crippen molar-refractivity contribution in [3.05, 3.63) is 54.5 Å². The van der Waals surface area contributed by atoms with E-state index in [0.717, 1.165) is 44.9 Å². The Labute approximate surface area is 200 Å². The molecular weight excluding hydrogens is 434 g/mol. The number of amides is 3. The van der Waals surface area contributed by atoms with Crippen molar-refractivity contribution in [3.63, 3.8) is 0 Å². The molecule has 0 spiro atoms. The lowest BCUT2D eigenvalue weighted by Gasteiger charge is -2.39. The summed E-state index contributed by atoms with van der Waals surface area (Å²) in [7, 11) is 0. The second-order valence-corrected chi connectivity index (χ2v) is 8.69. The van der Waals surface area contributed by atoms with E-state index in [1.165, 1.54) is 5.69 Å². The Kier molecular flexibility index (Phi) is 8.19. The van der Waals surface area contributed by atoms with Gasteiger partial charge in [0.15, 0.2) is 0 Å². The van der Waals surface area contributed by atoms with Gasteiger partial charge in [-0.1, -0.05) is 18.2 Å². The second-order valence-electron chi connectivity index (χ2n) is 8.69. The predicted molar refractivity (Wildman–Crippen MR) is 128 cm³/mol. The number of carbonyl (C=O) groups is 3. The van der Waals surface area contributed by atoms with Crippen LogP contribution in [0.3, 0.4) is 0 Å². The zero-order valence-corrected chi connectivity index (χ0v) is 19.4. The van der Waals surface area contributed by atoms with Crippen molar-refractivity contribution in [2.75, 3.05) is 57.3 Å². The van der Waals surface area contributed by atoms with Gasteiger partial charge in [-0.25, -0.2) is 0 Å². The standard InChI is InChI=1S/C25H33N5O4/c31-23-10-4-12-30(23)13-6-11-26-24(32)25(33)27-19-21(22-9-5-18-34-22)29-16-14-28(15-17-29)20-7-2-1-3-8-20/h1-3,5,7-9,18,21H,4,6,10-17,19H2,(H,26,32)(H,27,33)/t21-/m1/s1. The maximum Gasteiger partial charge on any atom is 0.309 e. The van der Waals surface area contributed by atoms with Crippen molar-refractivity contribution in [3.8, 4) is 0 Å². The SMILES string of the molecule is O=C(NCCCN1CCCC1=O)C(=O)NC[C@H](c1ccco1)N1CCN(c2ccccc2)CC1. The monoisotopic (exact) mass is 467 g/mol. The van der Waals surface area contributed by atoms with Crippen LogP contribution in [-0.4, -0.2) is 79.9 Å². The van der Waals surface area contributed by atoms with Crippen LogP contribution in [0.2, 0.25) is 0 Å². The molecule has 2 fully saturated rings. The molecule has 3 amide bonds. The van der Waals surface area contributed by atoms with Crippen molar-refractivity contribution in [2.24, 2.45) is 0 Å². The number of nitrogens with zero attached hydrogens (tertiary/aromatic N) is 3. The van der Waals surface area contributed by atoms with E-state index in [9.17, 15) is 14.4 Å². The molecule has 3 heterocycles. The fraction of sp³-hybridized carbons (Fsp3) is 0.480. The molecule has 182 valence electrons. The lowest BCUT2D eigenvalue weighted by Crippen LogP contribution is -2.50. The summed E-state index contributed by atoms with van der Waals surface area (Å²) in [6, 6.07) is 13.9. The molecule has 0 aliphatic carbocycles. The normalized spacial score (nSPS) is 17.6. The summed E-state index contributed by atoms with van der Waals surface area (Å²) < 4.78 is 5.65. The van der Waals surface area contributed by atoms with Gasteiger partial charge in [-0.3, -0.25) is 19.3 Å². The van der Waals surface area contributed by atoms with E-state index in [2.05, 4.69) is 32.6 Å². The third-order valence-corrected chi connectivity index (χ3v) is 6.47. The summed E-state index contributed by atoms with van der Waals surface area (Å²) in [5, 5.41) is 5.42. The molecule has 2 N–H and O–H groups in total. The zero-order valence-electron chi connectivity index (χ0n) is 19.4. The second kappa shape index (κ2) is 11.7. The van der Waals surface area contributed by atoms with Crippen LogP contribution in [0.4, 0.5) is 5.69 Å². The van der Waals surface area contributed by atoms with Crippen LogP contribution in [0.5, 0.6) is 0 Å². The zero-order chi connectivity index (χ0) is 23.8. The minimum Gasteiger partial charge on any atom is -0.468 e. The van der Waals surface area contributed by atoms with E-state index < -0.39 is 11.8 Å². The van der Waals surface area contributed by atoms with Crippen molar-refractivity contribution in [1.29, 1.82) is 0 Å². The molecule has 2 aliphatic rings. The van der Waals surface area contributed by atoms with Crippen LogP contribution >= 0.6 is 0 Å². The Balaban J connectivity index is 1.23. The quantitative estimate of drug-likeness (QED) is 0.427. The fourth-order valence-electron chi connectivity index (χ4n) is 4.58. The number of benzene rings is 1. The summed E-state index contributed by atoms with van der Waals surface area (Å²) in [6.45, 7) is 5.41. The molecule has 1 aromatic carbocycles. The molecule has 0 unspecified atom stereocenters. The molecule has 34 heavy (non-hydrogen) atoms. The molecule has 0 saturated carbocycles. The molecule has 2 aromatic rings. The Hall–Kier alpha value is -3.33. The van der Waals surface area contributed by atoms with Crippen LogP contribution in [0.15, 0.2) is 53.1 Å². The highest BCUT2D eigenvalue weighted by atomic mass is 16.3. The third-order valence-electron chi connectivity index (χ3n) is 6.47. The Morgan fingerprint density at radius 3 is 2.38 bits per heavy atom. The number of likely N-dealkylation sites (tertiary alicyclic amines) is 1. The maximum atomic E-state index is 12.4. The predicted octanol–water partition coefficient (Wildman–Crippen LogP) is 1.39. The van der Waals surface area contributed by atoms with Gasteiger partial charge in [-0.15, -0.1) is 0 Å².